The minimum Gasteiger partial charge on any atom is -0.336 e. The minimum absolute atomic E-state index is 0.0492. The van der Waals surface area contributed by atoms with Gasteiger partial charge in [-0.05, 0) is 37.7 Å². The average molecular weight is 435 g/mol. The molecular formula is C23H26N6O3. The lowest BCUT2D eigenvalue weighted by Crippen LogP contribution is -2.47. The highest BCUT2D eigenvalue weighted by atomic mass is 16.6. The molecule has 2 aliphatic heterocycles. The van der Waals surface area contributed by atoms with Gasteiger partial charge in [0.05, 0.1) is 11.1 Å². The number of carbonyl (C=O) groups excluding carboxylic acids is 2. The van der Waals surface area contributed by atoms with Crippen LogP contribution in [0, 0.1) is 6.92 Å². The molecule has 32 heavy (non-hydrogen) atoms. The summed E-state index contributed by atoms with van der Waals surface area (Å²) < 4.78 is 4.69. The van der Waals surface area contributed by atoms with Gasteiger partial charge in [-0.3, -0.25) is 14.6 Å². The Hall–Kier alpha value is -3.33. The lowest BCUT2D eigenvalue weighted by atomic mass is 9.98. The van der Waals surface area contributed by atoms with E-state index in [9.17, 15) is 9.59 Å². The highest BCUT2D eigenvalue weighted by molar-refractivity contribution is 6.06. The van der Waals surface area contributed by atoms with Crippen LogP contribution in [0.1, 0.15) is 44.6 Å². The monoisotopic (exact) mass is 434 g/mol. The van der Waals surface area contributed by atoms with E-state index in [0.717, 1.165) is 49.2 Å². The summed E-state index contributed by atoms with van der Waals surface area (Å²) in [6, 6.07) is 9.72. The third-order valence-corrected chi connectivity index (χ3v) is 6.51. The van der Waals surface area contributed by atoms with Crippen LogP contribution in [-0.4, -0.2) is 88.1 Å². The number of nitrogens with zero attached hydrogens (tertiary/aromatic N) is 6. The second kappa shape index (κ2) is 8.31. The maximum absolute atomic E-state index is 13.4. The van der Waals surface area contributed by atoms with E-state index in [1.54, 1.807) is 11.8 Å². The molecule has 166 valence electrons. The number of carbonyl (C=O) groups is 2. The number of fused-ring (bicyclic) bond motifs is 1. The summed E-state index contributed by atoms with van der Waals surface area (Å²) in [4.78, 5) is 37.0. The van der Waals surface area contributed by atoms with E-state index >= 15 is 0 Å². The number of pyridine rings is 1. The van der Waals surface area contributed by atoms with E-state index in [-0.39, 0.29) is 23.4 Å². The molecule has 2 aliphatic rings. The predicted molar refractivity (Wildman–Crippen MR) is 117 cm³/mol. The maximum Gasteiger partial charge on any atom is 0.278 e. The maximum atomic E-state index is 13.4. The lowest BCUT2D eigenvalue weighted by molar-refractivity contribution is 0.0665. The van der Waals surface area contributed by atoms with E-state index in [2.05, 4.69) is 26.9 Å². The Kier molecular flexibility index (Phi) is 5.34. The fourth-order valence-corrected chi connectivity index (χ4v) is 4.52. The van der Waals surface area contributed by atoms with Crippen molar-refractivity contribution in [2.24, 2.45) is 0 Å². The number of amides is 2. The number of para-hydroxylation sites is 1. The molecule has 1 aromatic carbocycles. The van der Waals surface area contributed by atoms with Crippen LogP contribution in [0.5, 0.6) is 0 Å². The van der Waals surface area contributed by atoms with Crippen molar-refractivity contribution in [3.63, 3.8) is 0 Å². The highest BCUT2D eigenvalue weighted by Crippen LogP contribution is 2.30. The summed E-state index contributed by atoms with van der Waals surface area (Å²) in [7, 11) is 2.07. The van der Waals surface area contributed by atoms with E-state index in [4.69, 9.17) is 4.98 Å². The number of aryl methyl sites for hydroxylation is 1. The van der Waals surface area contributed by atoms with Crippen molar-refractivity contribution in [1.29, 1.82) is 0 Å². The summed E-state index contributed by atoms with van der Waals surface area (Å²) in [6.07, 6.45) is 0.781. The Morgan fingerprint density at radius 3 is 2.53 bits per heavy atom. The molecular weight excluding hydrogens is 408 g/mol. The summed E-state index contributed by atoms with van der Waals surface area (Å²) in [5.41, 5.74) is 3.09. The van der Waals surface area contributed by atoms with Crippen LogP contribution in [0.3, 0.4) is 0 Å². The number of likely N-dealkylation sites (tertiary alicyclic amines) is 1. The largest absolute Gasteiger partial charge is 0.336 e. The average Bonchev–Trinajstić information content (AvgIpc) is 3.47. The van der Waals surface area contributed by atoms with Crippen molar-refractivity contribution in [1.82, 2.24) is 30.0 Å². The van der Waals surface area contributed by atoms with Crippen molar-refractivity contribution in [2.45, 2.75) is 19.3 Å². The Labute approximate surface area is 185 Å². The zero-order valence-corrected chi connectivity index (χ0v) is 18.3. The summed E-state index contributed by atoms with van der Waals surface area (Å²) in [6.45, 7) is 6.02. The Bertz CT molecular complexity index is 1170. The van der Waals surface area contributed by atoms with Crippen molar-refractivity contribution in [3.8, 4) is 0 Å². The number of aromatic nitrogens is 3. The van der Waals surface area contributed by atoms with Crippen LogP contribution in [0.25, 0.3) is 10.9 Å². The molecule has 2 fully saturated rings. The standard InChI is InChI=1S/C23H26N6O3/c1-15-21(26-32-25-15)23(31)29-8-7-16(14-29)20-13-18(17-5-3-4-6-19(17)24-20)22(30)28-11-9-27(2)10-12-28/h3-6,13,16H,7-12,14H2,1-2H3. The fourth-order valence-electron chi connectivity index (χ4n) is 4.52. The van der Waals surface area contributed by atoms with Gasteiger partial charge in [0.25, 0.3) is 11.8 Å². The van der Waals surface area contributed by atoms with Gasteiger partial charge in [-0.25, -0.2) is 4.63 Å². The van der Waals surface area contributed by atoms with Gasteiger partial charge in [0.1, 0.15) is 5.69 Å². The first-order valence-electron chi connectivity index (χ1n) is 11.0. The Balaban J connectivity index is 1.43. The zero-order valence-electron chi connectivity index (χ0n) is 18.3. The molecule has 4 heterocycles. The lowest BCUT2D eigenvalue weighted by Gasteiger charge is -2.32. The van der Waals surface area contributed by atoms with Crippen LogP contribution >= 0.6 is 0 Å². The number of likely N-dealkylation sites (N-methyl/N-ethyl adjacent to an activating group) is 1. The third-order valence-electron chi connectivity index (χ3n) is 6.51. The van der Waals surface area contributed by atoms with Crippen LogP contribution in [0.15, 0.2) is 35.0 Å². The van der Waals surface area contributed by atoms with Crippen LogP contribution in [0.2, 0.25) is 0 Å². The van der Waals surface area contributed by atoms with Crippen molar-refractivity contribution in [3.05, 3.63) is 53.0 Å². The molecule has 5 rings (SSSR count). The van der Waals surface area contributed by atoms with Crippen LogP contribution in [-0.2, 0) is 0 Å². The number of benzene rings is 1. The van der Waals surface area contributed by atoms with Crippen molar-refractivity contribution in [2.75, 3.05) is 46.3 Å². The predicted octanol–water partition coefficient (Wildman–Crippen LogP) is 1.94. The molecule has 9 nitrogen and oxygen atoms in total. The first kappa shape index (κ1) is 20.6. The van der Waals surface area contributed by atoms with Gasteiger partial charge < -0.3 is 14.7 Å². The molecule has 9 heteroatoms. The Morgan fingerprint density at radius 1 is 1.00 bits per heavy atom. The summed E-state index contributed by atoms with van der Waals surface area (Å²) in [5.74, 6) is -0.0725. The van der Waals surface area contributed by atoms with Gasteiger partial charge in [-0.15, -0.1) is 0 Å². The molecule has 0 spiro atoms. The zero-order chi connectivity index (χ0) is 22.2. The second-order valence-corrected chi connectivity index (χ2v) is 8.64. The molecule has 2 aromatic heterocycles. The Morgan fingerprint density at radius 2 is 1.78 bits per heavy atom. The molecule has 1 atom stereocenters. The molecule has 2 amide bonds. The van der Waals surface area contributed by atoms with E-state index in [0.29, 0.717) is 24.3 Å². The molecule has 0 N–H and O–H groups in total. The third kappa shape index (κ3) is 3.73. The second-order valence-electron chi connectivity index (χ2n) is 8.64. The molecule has 0 aliphatic carbocycles. The topological polar surface area (TPSA) is 95.7 Å². The fraction of sp³-hybridized carbons (Fsp3) is 0.435. The van der Waals surface area contributed by atoms with Crippen LogP contribution in [0.4, 0.5) is 0 Å². The van der Waals surface area contributed by atoms with Crippen molar-refractivity contribution >= 4 is 22.7 Å². The number of piperazine rings is 1. The number of hydrogen-bond donors (Lipinski definition) is 0. The minimum atomic E-state index is -0.180. The first-order valence-corrected chi connectivity index (χ1v) is 11.0. The molecule has 2 saturated heterocycles. The van der Waals surface area contributed by atoms with E-state index < -0.39 is 0 Å². The van der Waals surface area contributed by atoms with Gasteiger partial charge in [0.15, 0.2) is 5.69 Å². The van der Waals surface area contributed by atoms with Gasteiger partial charge >= 0.3 is 0 Å². The van der Waals surface area contributed by atoms with Gasteiger partial charge in [0, 0.05) is 56.3 Å². The number of hydrogen-bond acceptors (Lipinski definition) is 7. The van der Waals surface area contributed by atoms with Crippen molar-refractivity contribution < 1.29 is 14.2 Å². The van der Waals surface area contributed by atoms with E-state index in [1.165, 1.54) is 0 Å². The molecule has 0 radical (unpaired) electrons. The van der Waals surface area contributed by atoms with Gasteiger partial charge in [-0.2, -0.15) is 0 Å². The molecule has 0 saturated carbocycles. The molecule has 1 unspecified atom stereocenters. The van der Waals surface area contributed by atoms with Gasteiger partial charge in [-0.1, -0.05) is 23.4 Å². The SMILES string of the molecule is Cc1nonc1C(=O)N1CCC(c2cc(C(=O)N3CCN(C)CC3)c3ccccc3n2)C1. The summed E-state index contributed by atoms with van der Waals surface area (Å²) >= 11 is 0. The smallest absolute Gasteiger partial charge is 0.278 e. The van der Waals surface area contributed by atoms with Crippen LogP contribution < -0.4 is 0 Å². The van der Waals surface area contributed by atoms with Gasteiger partial charge in [0.2, 0.25) is 0 Å². The quantitative estimate of drug-likeness (QED) is 0.622. The first-order chi connectivity index (χ1) is 15.5. The molecule has 0 bridgehead atoms. The molecule has 3 aromatic rings. The normalized spacial score (nSPS) is 19.6. The highest BCUT2D eigenvalue weighted by Gasteiger charge is 2.32. The van der Waals surface area contributed by atoms with E-state index in [1.807, 2.05) is 35.2 Å². The number of rotatable bonds is 3. The summed E-state index contributed by atoms with van der Waals surface area (Å²) in [5, 5.41) is 8.33.